The van der Waals surface area contributed by atoms with E-state index in [4.69, 9.17) is 27.9 Å². The molecule has 8 heteroatoms. The standard InChI is InChI=1S/C23H24Cl2N2O4/c1-4-23(14-5-7-16(8-6-14)26-22(30)31-13(2)3)17(9-10-20(28)29)21-18(25)11-15(24)12-19(21)27-23/h5-13,17,27H,4H2,1-3H3,(H,26,30)(H,28,29). The Kier molecular flexibility index (Phi) is 6.82. The molecule has 0 radical (unpaired) electrons. The van der Waals surface area contributed by atoms with Gasteiger partial charge in [0.1, 0.15) is 0 Å². The number of carbonyl (C=O) groups excluding carboxylic acids is 1. The highest BCUT2D eigenvalue weighted by Crippen LogP contribution is 2.54. The van der Waals surface area contributed by atoms with Gasteiger partial charge < -0.3 is 15.2 Å². The smallest absolute Gasteiger partial charge is 0.411 e. The monoisotopic (exact) mass is 462 g/mol. The van der Waals surface area contributed by atoms with Gasteiger partial charge in [-0.1, -0.05) is 48.3 Å². The average Bonchev–Trinajstić information content (AvgIpc) is 3.00. The first kappa shape index (κ1) is 23.0. The Bertz CT molecular complexity index is 1020. The summed E-state index contributed by atoms with van der Waals surface area (Å²) in [5.74, 6) is -1.37. The Morgan fingerprint density at radius 1 is 1.26 bits per heavy atom. The molecular formula is C23H24Cl2N2O4. The van der Waals surface area contributed by atoms with E-state index in [0.29, 0.717) is 22.2 Å². The van der Waals surface area contributed by atoms with Crippen molar-refractivity contribution in [2.24, 2.45) is 0 Å². The van der Waals surface area contributed by atoms with E-state index in [1.165, 1.54) is 0 Å². The first-order valence-electron chi connectivity index (χ1n) is 9.92. The second-order valence-corrected chi connectivity index (χ2v) is 8.47. The second kappa shape index (κ2) is 9.20. The van der Waals surface area contributed by atoms with E-state index in [2.05, 4.69) is 10.6 Å². The van der Waals surface area contributed by atoms with Crippen molar-refractivity contribution in [2.45, 2.75) is 44.8 Å². The van der Waals surface area contributed by atoms with Crippen LogP contribution in [0.15, 0.2) is 48.6 Å². The normalized spacial score (nSPS) is 19.9. The average molecular weight is 463 g/mol. The molecule has 0 saturated carbocycles. The number of hydrogen-bond donors (Lipinski definition) is 3. The van der Waals surface area contributed by atoms with E-state index < -0.39 is 17.6 Å². The van der Waals surface area contributed by atoms with Gasteiger partial charge in [0.15, 0.2) is 0 Å². The Labute approximate surface area is 191 Å². The number of hydrogen-bond acceptors (Lipinski definition) is 4. The number of fused-ring (bicyclic) bond motifs is 1. The Hall–Kier alpha value is -2.70. The minimum absolute atomic E-state index is 0.220. The maximum absolute atomic E-state index is 11.9. The molecule has 2 unspecified atom stereocenters. The van der Waals surface area contributed by atoms with Gasteiger partial charge in [0, 0.05) is 39.0 Å². The number of carboxylic acid groups (broad SMARTS) is 1. The second-order valence-electron chi connectivity index (χ2n) is 7.63. The van der Waals surface area contributed by atoms with E-state index in [9.17, 15) is 14.7 Å². The van der Waals surface area contributed by atoms with Crippen molar-refractivity contribution in [2.75, 3.05) is 10.6 Å². The largest absolute Gasteiger partial charge is 0.478 e. The molecule has 3 N–H and O–H groups in total. The first-order chi connectivity index (χ1) is 14.7. The molecule has 0 aromatic heterocycles. The fourth-order valence-electron chi connectivity index (χ4n) is 3.98. The Morgan fingerprint density at radius 3 is 2.52 bits per heavy atom. The molecule has 0 bridgehead atoms. The summed E-state index contributed by atoms with van der Waals surface area (Å²) in [5.41, 5.74) is 2.44. The molecule has 2 aromatic carbocycles. The summed E-state index contributed by atoms with van der Waals surface area (Å²) in [6.07, 6.45) is 2.68. The fraction of sp³-hybridized carbons (Fsp3) is 0.304. The third-order valence-corrected chi connectivity index (χ3v) is 5.80. The summed E-state index contributed by atoms with van der Waals surface area (Å²) in [7, 11) is 0. The number of aliphatic carboxylic acids is 1. The number of rotatable bonds is 6. The van der Waals surface area contributed by atoms with E-state index in [1.54, 1.807) is 44.2 Å². The van der Waals surface area contributed by atoms with Crippen LogP contribution in [0, 0.1) is 0 Å². The van der Waals surface area contributed by atoms with Crippen LogP contribution in [0.5, 0.6) is 0 Å². The van der Waals surface area contributed by atoms with Gasteiger partial charge >= 0.3 is 12.1 Å². The summed E-state index contributed by atoms with van der Waals surface area (Å²) >= 11 is 12.7. The third-order valence-electron chi connectivity index (χ3n) is 5.27. The predicted molar refractivity (Wildman–Crippen MR) is 123 cm³/mol. The maximum Gasteiger partial charge on any atom is 0.411 e. The number of ether oxygens (including phenoxy) is 1. The lowest BCUT2D eigenvalue weighted by Gasteiger charge is -2.35. The number of benzene rings is 2. The van der Waals surface area contributed by atoms with Gasteiger partial charge in [0.05, 0.1) is 11.6 Å². The van der Waals surface area contributed by atoms with Crippen LogP contribution in [-0.4, -0.2) is 23.3 Å². The van der Waals surface area contributed by atoms with Crippen molar-refractivity contribution in [1.29, 1.82) is 0 Å². The summed E-state index contributed by atoms with van der Waals surface area (Å²) in [6.45, 7) is 5.57. The molecule has 1 aliphatic heterocycles. The SMILES string of the molecule is CCC1(c2ccc(NC(=O)OC(C)C)cc2)Nc2cc(Cl)cc(Cl)c2C1C=CC(=O)O. The van der Waals surface area contributed by atoms with Crippen molar-refractivity contribution in [3.05, 3.63) is 69.7 Å². The Balaban J connectivity index is 2.01. The van der Waals surface area contributed by atoms with Gasteiger partial charge in [0.25, 0.3) is 0 Å². The van der Waals surface area contributed by atoms with Crippen LogP contribution in [0.1, 0.15) is 44.2 Å². The molecule has 1 heterocycles. The lowest BCUT2D eigenvalue weighted by molar-refractivity contribution is -0.131. The lowest BCUT2D eigenvalue weighted by atomic mass is 9.75. The van der Waals surface area contributed by atoms with Crippen molar-refractivity contribution < 1.29 is 19.4 Å². The summed E-state index contributed by atoms with van der Waals surface area (Å²) < 4.78 is 5.11. The quantitative estimate of drug-likeness (QED) is 0.431. The van der Waals surface area contributed by atoms with E-state index >= 15 is 0 Å². The van der Waals surface area contributed by atoms with Crippen LogP contribution >= 0.6 is 23.2 Å². The number of halogens is 2. The zero-order chi connectivity index (χ0) is 22.8. The molecule has 31 heavy (non-hydrogen) atoms. The van der Waals surface area contributed by atoms with Crippen LogP contribution in [0.4, 0.5) is 16.2 Å². The number of carbonyl (C=O) groups is 2. The van der Waals surface area contributed by atoms with Crippen LogP contribution in [-0.2, 0) is 15.1 Å². The molecule has 3 rings (SSSR count). The van der Waals surface area contributed by atoms with Gasteiger partial charge in [-0.2, -0.15) is 0 Å². The van der Waals surface area contributed by atoms with Crippen molar-refractivity contribution in [1.82, 2.24) is 0 Å². The molecule has 1 aliphatic rings. The van der Waals surface area contributed by atoms with Crippen molar-refractivity contribution in [3.8, 4) is 0 Å². The van der Waals surface area contributed by atoms with Crippen LogP contribution < -0.4 is 10.6 Å². The van der Waals surface area contributed by atoms with Crippen LogP contribution in [0.2, 0.25) is 10.0 Å². The molecule has 2 aromatic rings. The molecule has 164 valence electrons. The zero-order valence-electron chi connectivity index (χ0n) is 17.4. The lowest BCUT2D eigenvalue weighted by Crippen LogP contribution is -2.35. The number of carboxylic acids is 1. The highest BCUT2D eigenvalue weighted by Gasteiger charge is 2.46. The topological polar surface area (TPSA) is 87.7 Å². The Morgan fingerprint density at radius 2 is 1.94 bits per heavy atom. The molecule has 0 fully saturated rings. The van der Waals surface area contributed by atoms with Gasteiger partial charge in [-0.15, -0.1) is 0 Å². The molecule has 0 spiro atoms. The van der Waals surface area contributed by atoms with Gasteiger partial charge in [-0.25, -0.2) is 9.59 Å². The van der Waals surface area contributed by atoms with Crippen LogP contribution in [0.3, 0.4) is 0 Å². The third kappa shape index (κ3) is 4.81. The van der Waals surface area contributed by atoms with Crippen molar-refractivity contribution >= 4 is 46.6 Å². The zero-order valence-corrected chi connectivity index (χ0v) is 18.9. The minimum Gasteiger partial charge on any atom is -0.478 e. The van der Waals surface area contributed by atoms with Gasteiger partial charge in [-0.3, -0.25) is 5.32 Å². The first-order valence-corrected chi connectivity index (χ1v) is 10.7. The highest BCUT2D eigenvalue weighted by atomic mass is 35.5. The van der Waals surface area contributed by atoms with E-state index in [0.717, 1.165) is 22.9 Å². The summed E-state index contributed by atoms with van der Waals surface area (Å²) in [6, 6.07) is 10.8. The highest BCUT2D eigenvalue weighted by molar-refractivity contribution is 6.35. The predicted octanol–water partition coefficient (Wildman–Crippen LogP) is 6.41. The van der Waals surface area contributed by atoms with E-state index in [-0.39, 0.29) is 12.0 Å². The van der Waals surface area contributed by atoms with Gasteiger partial charge in [0.2, 0.25) is 0 Å². The van der Waals surface area contributed by atoms with Gasteiger partial charge in [-0.05, 0) is 50.1 Å². The molecule has 6 nitrogen and oxygen atoms in total. The molecule has 0 saturated heterocycles. The fourth-order valence-corrected chi connectivity index (χ4v) is 4.60. The summed E-state index contributed by atoms with van der Waals surface area (Å²) in [5, 5.41) is 16.4. The van der Waals surface area contributed by atoms with E-state index in [1.807, 2.05) is 19.1 Å². The van der Waals surface area contributed by atoms with Crippen molar-refractivity contribution in [3.63, 3.8) is 0 Å². The molecular weight excluding hydrogens is 439 g/mol. The number of anilines is 2. The number of amides is 1. The molecule has 1 amide bonds. The molecule has 0 aliphatic carbocycles. The number of nitrogens with one attached hydrogen (secondary N) is 2. The molecule has 2 atom stereocenters. The minimum atomic E-state index is -1.04. The summed E-state index contributed by atoms with van der Waals surface area (Å²) in [4.78, 5) is 23.1. The van der Waals surface area contributed by atoms with Crippen LogP contribution in [0.25, 0.3) is 0 Å². The maximum atomic E-state index is 11.9.